The molecule has 0 aliphatic carbocycles. The van der Waals surface area contributed by atoms with E-state index in [-0.39, 0.29) is 0 Å². The maximum atomic E-state index is 5.17. The predicted molar refractivity (Wildman–Crippen MR) is 238 cm³/mol. The highest BCUT2D eigenvalue weighted by atomic mass is 32.1. The smallest absolute Gasteiger partial charge is 0.165 e. The SMILES string of the molecule is c1ccc(-c2ccc(-c3nc(-c4ccccc4)nc(-c4cccc5c4sc4cc(-c6cc(-c7ccccc7)cc7c6sc6ccccc67)ccc45)n3)cc2)cc1. The molecule has 11 aromatic rings. The molecule has 0 radical (unpaired) electrons. The fourth-order valence-corrected chi connectivity index (χ4v) is 10.2. The van der Waals surface area contributed by atoms with Crippen molar-refractivity contribution in [2.75, 3.05) is 0 Å². The number of fused-ring (bicyclic) bond motifs is 6. The largest absolute Gasteiger partial charge is 0.208 e. The molecule has 0 saturated carbocycles. The van der Waals surface area contributed by atoms with Crippen LogP contribution in [0.1, 0.15) is 0 Å². The van der Waals surface area contributed by atoms with Crippen LogP contribution in [-0.4, -0.2) is 15.0 Å². The third-order valence-electron chi connectivity index (χ3n) is 10.6. The summed E-state index contributed by atoms with van der Waals surface area (Å²) >= 11 is 3.69. The minimum atomic E-state index is 0.652. The van der Waals surface area contributed by atoms with E-state index in [4.69, 9.17) is 15.0 Å². The van der Waals surface area contributed by atoms with Gasteiger partial charge in [-0.1, -0.05) is 158 Å². The van der Waals surface area contributed by atoms with Crippen LogP contribution in [0.5, 0.6) is 0 Å². The van der Waals surface area contributed by atoms with E-state index >= 15 is 0 Å². The van der Waals surface area contributed by atoms with Gasteiger partial charge in [0, 0.05) is 62.6 Å². The van der Waals surface area contributed by atoms with Crippen molar-refractivity contribution >= 4 is 63.0 Å². The fraction of sp³-hybridized carbons (Fsp3) is 0. The highest BCUT2D eigenvalue weighted by molar-refractivity contribution is 7.27. The molecule has 0 N–H and O–H groups in total. The molecule has 11 rings (SSSR count). The zero-order valence-electron chi connectivity index (χ0n) is 30.1. The molecule has 0 aliphatic heterocycles. The molecule has 3 nitrogen and oxygen atoms in total. The summed E-state index contributed by atoms with van der Waals surface area (Å²) in [6.07, 6.45) is 0. The van der Waals surface area contributed by atoms with E-state index in [1.807, 2.05) is 46.9 Å². The Labute approximate surface area is 331 Å². The average Bonchev–Trinajstić information content (AvgIpc) is 3.85. The summed E-state index contributed by atoms with van der Waals surface area (Å²) < 4.78 is 5.02. The third-order valence-corrected chi connectivity index (χ3v) is 13.0. The van der Waals surface area contributed by atoms with Gasteiger partial charge in [-0.2, -0.15) is 0 Å². The van der Waals surface area contributed by atoms with Gasteiger partial charge in [0.1, 0.15) is 0 Å². The number of aromatic nitrogens is 3. The maximum absolute atomic E-state index is 5.17. The van der Waals surface area contributed by atoms with E-state index in [9.17, 15) is 0 Å². The zero-order valence-corrected chi connectivity index (χ0v) is 31.7. The van der Waals surface area contributed by atoms with Gasteiger partial charge in [-0.05, 0) is 58.1 Å². The molecule has 5 heteroatoms. The normalized spacial score (nSPS) is 11.6. The Hall–Kier alpha value is -6.79. The van der Waals surface area contributed by atoms with E-state index in [2.05, 4.69) is 164 Å². The molecule has 0 saturated heterocycles. The summed E-state index contributed by atoms with van der Waals surface area (Å²) in [5.74, 6) is 1.98. The third kappa shape index (κ3) is 5.68. The summed E-state index contributed by atoms with van der Waals surface area (Å²) in [6, 6.07) is 66.8. The first-order valence-electron chi connectivity index (χ1n) is 18.7. The number of thiophene rings is 2. The van der Waals surface area contributed by atoms with Crippen LogP contribution < -0.4 is 0 Å². The van der Waals surface area contributed by atoms with Crippen LogP contribution in [0, 0.1) is 0 Å². The lowest BCUT2D eigenvalue weighted by atomic mass is 9.95. The zero-order chi connectivity index (χ0) is 37.0. The Bertz CT molecular complexity index is 3220. The van der Waals surface area contributed by atoms with Crippen LogP contribution in [0.25, 0.3) is 108 Å². The van der Waals surface area contributed by atoms with Crippen LogP contribution in [0.4, 0.5) is 0 Å². The predicted octanol–water partition coefficient (Wildman–Crippen LogP) is 14.6. The van der Waals surface area contributed by atoms with Gasteiger partial charge >= 0.3 is 0 Å². The second kappa shape index (κ2) is 13.5. The number of hydrogen-bond acceptors (Lipinski definition) is 5. The molecule has 0 fully saturated rings. The summed E-state index contributed by atoms with van der Waals surface area (Å²) in [6.45, 7) is 0. The Morgan fingerprint density at radius 2 is 0.768 bits per heavy atom. The van der Waals surface area contributed by atoms with Gasteiger partial charge in [0.25, 0.3) is 0 Å². The topological polar surface area (TPSA) is 38.7 Å². The number of nitrogens with zero attached hydrogens (tertiary/aromatic N) is 3. The van der Waals surface area contributed by atoms with Gasteiger partial charge in [0.2, 0.25) is 0 Å². The van der Waals surface area contributed by atoms with Crippen LogP contribution in [-0.2, 0) is 0 Å². The first-order valence-corrected chi connectivity index (χ1v) is 20.3. The van der Waals surface area contributed by atoms with Gasteiger partial charge < -0.3 is 0 Å². The Kier molecular flexibility index (Phi) is 7.87. The van der Waals surface area contributed by atoms with E-state index in [0.717, 1.165) is 22.3 Å². The molecule has 0 atom stereocenters. The van der Waals surface area contributed by atoms with Crippen molar-refractivity contribution in [2.24, 2.45) is 0 Å². The fourth-order valence-electron chi connectivity index (χ4n) is 7.76. The lowest BCUT2D eigenvalue weighted by Crippen LogP contribution is -2.00. The van der Waals surface area contributed by atoms with Gasteiger partial charge in [0.05, 0.1) is 0 Å². The van der Waals surface area contributed by atoms with Crippen LogP contribution in [0.2, 0.25) is 0 Å². The van der Waals surface area contributed by atoms with Gasteiger partial charge in [-0.25, -0.2) is 15.0 Å². The van der Waals surface area contributed by atoms with Crippen molar-refractivity contribution in [3.05, 3.63) is 188 Å². The molecule has 0 unspecified atom stereocenters. The number of benzene rings is 8. The average molecular weight is 750 g/mol. The van der Waals surface area contributed by atoms with Crippen molar-refractivity contribution in [3.8, 4) is 67.5 Å². The van der Waals surface area contributed by atoms with E-state index in [0.29, 0.717) is 17.5 Å². The van der Waals surface area contributed by atoms with Crippen molar-refractivity contribution in [1.29, 1.82) is 0 Å². The van der Waals surface area contributed by atoms with Crippen LogP contribution in [0.3, 0.4) is 0 Å². The standard InChI is InChI=1S/C51H31N3S2/c1-4-13-32(14-5-1)34-23-25-36(26-24-34)50-52-49(35-17-8-3-9-18-35)53-51(54-50)42-21-12-20-41-40-28-27-37(31-46(40)56-47(41)42)43-29-38(33-15-6-2-7-16-33)30-44-39-19-10-11-22-45(39)55-48(43)44/h1-31H. The second-order valence-corrected chi connectivity index (χ2v) is 16.1. The molecule has 8 aromatic carbocycles. The molecule has 56 heavy (non-hydrogen) atoms. The molecular weight excluding hydrogens is 719 g/mol. The summed E-state index contributed by atoms with van der Waals surface area (Å²) in [4.78, 5) is 15.3. The first-order chi connectivity index (χ1) is 27.7. The van der Waals surface area contributed by atoms with Crippen molar-refractivity contribution in [2.45, 2.75) is 0 Å². The highest BCUT2D eigenvalue weighted by Gasteiger charge is 2.19. The van der Waals surface area contributed by atoms with E-state index < -0.39 is 0 Å². The lowest BCUT2D eigenvalue weighted by molar-refractivity contribution is 1.08. The molecule has 262 valence electrons. The van der Waals surface area contributed by atoms with Crippen LogP contribution in [0.15, 0.2) is 188 Å². The molecular formula is C51H31N3S2. The molecule has 0 aliphatic rings. The van der Waals surface area contributed by atoms with Gasteiger partial charge in [-0.3, -0.25) is 0 Å². The summed E-state index contributed by atoms with van der Waals surface area (Å²) in [5.41, 5.74) is 10.2. The Morgan fingerprint density at radius 1 is 0.268 bits per heavy atom. The number of rotatable bonds is 6. The van der Waals surface area contributed by atoms with E-state index in [1.54, 1.807) is 0 Å². The van der Waals surface area contributed by atoms with Crippen molar-refractivity contribution in [3.63, 3.8) is 0 Å². The molecule has 3 aromatic heterocycles. The molecule has 3 heterocycles. The number of hydrogen-bond donors (Lipinski definition) is 0. The highest BCUT2D eigenvalue weighted by Crippen LogP contribution is 2.45. The molecule has 0 bridgehead atoms. The van der Waals surface area contributed by atoms with E-state index in [1.165, 1.54) is 68.2 Å². The van der Waals surface area contributed by atoms with Gasteiger partial charge in [0.15, 0.2) is 17.5 Å². The van der Waals surface area contributed by atoms with Gasteiger partial charge in [-0.15, -0.1) is 22.7 Å². The summed E-state index contributed by atoms with van der Waals surface area (Å²) in [5, 5.41) is 5.04. The van der Waals surface area contributed by atoms with Crippen LogP contribution >= 0.6 is 22.7 Å². The van der Waals surface area contributed by atoms with Crippen molar-refractivity contribution < 1.29 is 0 Å². The Morgan fingerprint density at radius 3 is 1.50 bits per heavy atom. The molecule has 0 spiro atoms. The minimum absolute atomic E-state index is 0.652. The second-order valence-electron chi connectivity index (χ2n) is 14.0. The Balaban J connectivity index is 1.07. The monoisotopic (exact) mass is 749 g/mol. The minimum Gasteiger partial charge on any atom is -0.208 e. The first kappa shape index (κ1) is 32.6. The quantitative estimate of drug-likeness (QED) is 0.170. The lowest BCUT2D eigenvalue weighted by Gasteiger charge is -2.10. The maximum Gasteiger partial charge on any atom is 0.165 e. The molecule has 0 amide bonds. The van der Waals surface area contributed by atoms with Crippen molar-refractivity contribution in [1.82, 2.24) is 15.0 Å². The summed E-state index contributed by atoms with van der Waals surface area (Å²) in [7, 11) is 0.